The van der Waals surface area contributed by atoms with Gasteiger partial charge in [0.15, 0.2) is 11.3 Å². The lowest BCUT2D eigenvalue weighted by molar-refractivity contribution is -0.121. The van der Waals surface area contributed by atoms with Crippen LogP contribution in [0, 0.1) is 16.7 Å². The molecule has 7 heteroatoms. The van der Waals surface area contributed by atoms with Gasteiger partial charge in [-0.05, 0) is 37.8 Å². The van der Waals surface area contributed by atoms with E-state index in [0.29, 0.717) is 31.2 Å². The second-order valence-corrected chi connectivity index (χ2v) is 6.80. The van der Waals surface area contributed by atoms with E-state index in [4.69, 9.17) is 10.8 Å². The lowest BCUT2D eigenvalue weighted by atomic mass is 10.1. The average Bonchev–Trinajstić information content (AvgIpc) is 2.57. The Morgan fingerprint density at radius 2 is 1.96 bits per heavy atom. The highest BCUT2D eigenvalue weighted by atomic mass is 16.1. The van der Waals surface area contributed by atoms with E-state index in [0.717, 1.165) is 23.9 Å². The van der Waals surface area contributed by atoms with Gasteiger partial charge in [-0.15, -0.1) is 0 Å². The Morgan fingerprint density at radius 1 is 1.27 bits per heavy atom. The van der Waals surface area contributed by atoms with E-state index >= 15 is 0 Å². The molecule has 144 valence electrons. The number of amides is 1. The Bertz CT molecular complexity index is 850. The molecule has 2 rings (SSSR count). The van der Waals surface area contributed by atoms with Crippen LogP contribution in [0.5, 0.6) is 0 Å². The van der Waals surface area contributed by atoms with E-state index in [2.05, 4.69) is 15.6 Å². The summed E-state index contributed by atoms with van der Waals surface area (Å²) >= 11 is 0. The Morgan fingerprint density at radius 3 is 2.65 bits per heavy atom. The summed E-state index contributed by atoms with van der Waals surface area (Å²) in [5.41, 5.74) is 1.68. The molecule has 0 saturated heterocycles. The van der Waals surface area contributed by atoms with Crippen LogP contribution in [0.25, 0.3) is 11.0 Å². The summed E-state index contributed by atoms with van der Waals surface area (Å²) in [6.45, 7) is 7.04. The second kappa shape index (κ2) is 9.12. The fourth-order valence-electron chi connectivity index (χ4n) is 2.75. The van der Waals surface area contributed by atoms with E-state index in [1.807, 2.05) is 38.1 Å². The van der Waals surface area contributed by atoms with Crippen LogP contribution in [-0.4, -0.2) is 34.4 Å². The molecular formula is C19H32N6O. The molecule has 1 amide bonds. The topological polar surface area (TPSA) is 107 Å². The fourth-order valence-corrected chi connectivity index (χ4v) is 2.75. The minimum Gasteiger partial charge on any atom is -0.367 e. The lowest BCUT2D eigenvalue weighted by Crippen LogP contribution is -2.29. The molecule has 0 aliphatic rings. The first-order chi connectivity index (χ1) is 12.4. The van der Waals surface area contributed by atoms with E-state index in [-0.39, 0.29) is 20.1 Å². The molecule has 4 N–H and O–H groups in total. The number of fused-ring (bicyclic) bond motifs is 1. The molecule has 2 aromatic rings. The highest BCUT2D eigenvalue weighted by Crippen LogP contribution is 2.11. The molecule has 1 aromatic carbocycles. The predicted octanol–water partition coefficient (Wildman–Crippen LogP) is 3.21. The Hall–Kier alpha value is -2.70. The Balaban J connectivity index is 0.00000364. The second-order valence-electron chi connectivity index (χ2n) is 6.80. The van der Waals surface area contributed by atoms with Crippen molar-refractivity contribution in [1.29, 1.82) is 10.8 Å². The van der Waals surface area contributed by atoms with Gasteiger partial charge >= 0.3 is 0 Å². The van der Waals surface area contributed by atoms with Gasteiger partial charge in [-0.1, -0.05) is 26.0 Å². The van der Waals surface area contributed by atoms with Gasteiger partial charge in [0.2, 0.25) is 5.91 Å². The number of nitrogens with one attached hydrogen (secondary N) is 4. The third-order valence-electron chi connectivity index (χ3n) is 3.95. The first kappa shape index (κ1) is 19.6. The number of carbonyl (C=O) groups is 1. The number of para-hydroxylation sites is 2. The summed E-state index contributed by atoms with van der Waals surface area (Å²) in [7, 11) is 0. The number of anilines is 1. The molecule has 0 bridgehead atoms. The quantitative estimate of drug-likeness (QED) is 0.330. The number of nitrogens with zero attached hydrogens (tertiary/aromatic N) is 2. The van der Waals surface area contributed by atoms with Crippen LogP contribution in [0.3, 0.4) is 0 Å². The van der Waals surface area contributed by atoms with Gasteiger partial charge in [0.1, 0.15) is 5.84 Å². The molecule has 0 saturated carbocycles. The molecule has 0 radical (unpaired) electrons. The van der Waals surface area contributed by atoms with Crippen LogP contribution in [0.2, 0.25) is 0 Å². The van der Waals surface area contributed by atoms with Crippen molar-refractivity contribution in [1.82, 2.24) is 14.9 Å². The fraction of sp³-hybridized carbons (Fsp3) is 0.474. The number of rotatable bonds is 8. The first-order valence-electron chi connectivity index (χ1n) is 9.02. The zero-order valence-corrected chi connectivity index (χ0v) is 15.7. The summed E-state index contributed by atoms with van der Waals surface area (Å²) in [6.07, 6.45) is 2.28. The molecular weight excluding hydrogens is 328 g/mol. The number of unbranched alkanes of at least 4 members (excludes halogenated alkanes) is 1. The molecule has 0 atom stereocenters. The van der Waals surface area contributed by atoms with Gasteiger partial charge in [-0.3, -0.25) is 20.2 Å². The van der Waals surface area contributed by atoms with E-state index in [9.17, 15) is 4.79 Å². The number of aromatic nitrogens is 2. The van der Waals surface area contributed by atoms with Crippen molar-refractivity contribution < 1.29 is 7.65 Å². The third-order valence-corrected chi connectivity index (χ3v) is 3.95. The van der Waals surface area contributed by atoms with Crippen LogP contribution in [-0.2, 0) is 4.79 Å². The summed E-state index contributed by atoms with van der Waals surface area (Å²) in [5.74, 6) is 1.22. The van der Waals surface area contributed by atoms with Crippen molar-refractivity contribution in [3.63, 3.8) is 0 Å². The number of benzene rings is 1. The normalized spacial score (nSPS) is 10.9. The van der Waals surface area contributed by atoms with Crippen LogP contribution < -0.4 is 16.1 Å². The van der Waals surface area contributed by atoms with Gasteiger partial charge in [0, 0.05) is 22.4 Å². The van der Waals surface area contributed by atoms with Crippen LogP contribution in [0.4, 0.5) is 5.82 Å². The van der Waals surface area contributed by atoms with Crippen molar-refractivity contribution in [3.05, 3.63) is 29.8 Å². The van der Waals surface area contributed by atoms with Crippen LogP contribution >= 0.6 is 0 Å². The van der Waals surface area contributed by atoms with Crippen LogP contribution in [0.15, 0.2) is 24.3 Å². The minimum absolute atomic E-state index is 0. The standard InChI is InChI=1S/C19H28N6O.2H2/c1-13(2)12-17(26)22-10-6-7-11-23-19-18(21)25(14(3)20)16-9-5-4-8-15(16)24-19;;/h4-5,8-9,13,20-21H,6-7,10-12H2,1-3H3,(H,22,26)(H,23,24);2*1H. The van der Waals surface area contributed by atoms with Crippen molar-refractivity contribution in [2.75, 3.05) is 18.4 Å². The number of hydrogen-bond acceptors (Lipinski definition) is 5. The summed E-state index contributed by atoms with van der Waals surface area (Å²) in [4.78, 5) is 16.1. The summed E-state index contributed by atoms with van der Waals surface area (Å²) in [5, 5.41) is 22.4. The molecule has 7 nitrogen and oxygen atoms in total. The number of hydrogen-bond donors (Lipinski definition) is 4. The maximum Gasteiger partial charge on any atom is 0.220 e. The molecule has 0 spiro atoms. The van der Waals surface area contributed by atoms with Crippen molar-refractivity contribution in [2.24, 2.45) is 5.92 Å². The smallest absolute Gasteiger partial charge is 0.220 e. The summed E-state index contributed by atoms with van der Waals surface area (Å²) < 4.78 is 1.58. The van der Waals surface area contributed by atoms with Gasteiger partial charge in [0.25, 0.3) is 0 Å². The van der Waals surface area contributed by atoms with Crippen molar-refractivity contribution in [3.8, 4) is 0 Å². The average molecular weight is 361 g/mol. The van der Waals surface area contributed by atoms with Crippen LogP contribution in [0.1, 0.15) is 42.9 Å². The first-order valence-corrected chi connectivity index (χ1v) is 9.02. The predicted molar refractivity (Wildman–Crippen MR) is 109 cm³/mol. The molecule has 0 fully saturated rings. The zero-order chi connectivity index (χ0) is 19.1. The SMILES string of the molecule is CC(=N)n1c(=N)c(NCCCCNC(=O)CC(C)C)nc2ccccc21.[HH].[HH]. The molecule has 1 heterocycles. The monoisotopic (exact) mass is 360 g/mol. The van der Waals surface area contributed by atoms with Crippen molar-refractivity contribution in [2.45, 2.75) is 40.0 Å². The molecule has 26 heavy (non-hydrogen) atoms. The molecule has 0 aliphatic carbocycles. The minimum atomic E-state index is 0. The lowest BCUT2D eigenvalue weighted by Gasteiger charge is -2.13. The molecule has 0 aliphatic heterocycles. The van der Waals surface area contributed by atoms with E-state index in [1.54, 1.807) is 11.5 Å². The zero-order valence-electron chi connectivity index (χ0n) is 15.7. The highest BCUT2D eigenvalue weighted by Gasteiger charge is 2.09. The third kappa shape index (κ3) is 5.15. The molecule has 0 unspecified atom stereocenters. The Kier molecular flexibility index (Phi) is 6.89. The van der Waals surface area contributed by atoms with E-state index < -0.39 is 0 Å². The van der Waals surface area contributed by atoms with Gasteiger partial charge in [0.05, 0.1) is 11.0 Å². The Labute approximate surface area is 156 Å². The largest absolute Gasteiger partial charge is 0.367 e. The maximum absolute atomic E-state index is 11.6. The maximum atomic E-state index is 11.6. The van der Waals surface area contributed by atoms with Gasteiger partial charge in [-0.25, -0.2) is 4.98 Å². The van der Waals surface area contributed by atoms with E-state index in [1.165, 1.54) is 0 Å². The molecule has 1 aromatic heterocycles. The van der Waals surface area contributed by atoms with Crippen molar-refractivity contribution >= 4 is 28.6 Å². The number of carbonyl (C=O) groups excluding carboxylic acids is 1. The van der Waals surface area contributed by atoms with Gasteiger partial charge in [-0.2, -0.15) is 0 Å². The van der Waals surface area contributed by atoms with Gasteiger partial charge < -0.3 is 10.6 Å². The summed E-state index contributed by atoms with van der Waals surface area (Å²) in [6, 6.07) is 7.52. The highest BCUT2D eigenvalue weighted by molar-refractivity contribution is 5.90.